The smallest absolute Gasteiger partial charge is 0.228 e. The van der Waals surface area contributed by atoms with Gasteiger partial charge >= 0.3 is 0 Å². The first-order valence-electron chi connectivity index (χ1n) is 7.21. The van der Waals surface area contributed by atoms with Crippen molar-refractivity contribution in [3.05, 3.63) is 58.3 Å². The van der Waals surface area contributed by atoms with Crippen molar-refractivity contribution in [3.63, 3.8) is 0 Å². The number of anilines is 1. The highest BCUT2D eigenvalue weighted by molar-refractivity contribution is 9.10. The number of carbonyl (C=O) groups excluding carboxylic acids is 1. The van der Waals surface area contributed by atoms with Crippen molar-refractivity contribution in [1.29, 1.82) is 0 Å². The van der Waals surface area contributed by atoms with E-state index in [9.17, 15) is 4.79 Å². The Morgan fingerprint density at radius 3 is 3.00 bits per heavy atom. The molecule has 1 unspecified atom stereocenters. The maximum absolute atomic E-state index is 12.6. The summed E-state index contributed by atoms with van der Waals surface area (Å²) in [6, 6.07) is 12.0. The van der Waals surface area contributed by atoms with Gasteiger partial charge in [0.2, 0.25) is 5.91 Å². The number of aromatic nitrogens is 2. The monoisotopic (exact) mass is 355 g/mol. The number of para-hydroxylation sites is 1. The zero-order valence-corrected chi connectivity index (χ0v) is 13.4. The van der Waals surface area contributed by atoms with Gasteiger partial charge in [0.25, 0.3) is 0 Å². The SMILES string of the molecule is O=C(Nc1cccc2[nH]cnc12)C1Cc2ccc(Br)cc2C1. The maximum atomic E-state index is 12.6. The summed E-state index contributed by atoms with van der Waals surface area (Å²) < 4.78 is 1.06. The standard InChI is InChI=1S/C17H14BrN3O/c18-13-5-4-10-6-12(7-11(10)8-13)17(22)21-15-3-1-2-14-16(15)20-9-19-14/h1-5,8-9,12H,6-7H2,(H,19,20)(H,21,22). The molecule has 110 valence electrons. The number of fused-ring (bicyclic) bond motifs is 2. The molecule has 1 aliphatic carbocycles. The Morgan fingerprint density at radius 2 is 2.09 bits per heavy atom. The average molecular weight is 356 g/mol. The number of aromatic amines is 1. The second-order valence-electron chi connectivity index (χ2n) is 5.61. The number of amides is 1. The molecule has 0 bridgehead atoms. The van der Waals surface area contributed by atoms with Crippen LogP contribution in [0.15, 0.2) is 47.2 Å². The molecular weight excluding hydrogens is 342 g/mol. The van der Waals surface area contributed by atoms with E-state index in [1.807, 2.05) is 24.3 Å². The molecule has 0 saturated carbocycles. The van der Waals surface area contributed by atoms with Gasteiger partial charge in [0.05, 0.1) is 17.5 Å². The minimum absolute atomic E-state index is 0.0153. The van der Waals surface area contributed by atoms with Crippen molar-refractivity contribution in [1.82, 2.24) is 9.97 Å². The lowest BCUT2D eigenvalue weighted by molar-refractivity contribution is -0.119. The van der Waals surface area contributed by atoms with Gasteiger partial charge in [0, 0.05) is 10.4 Å². The van der Waals surface area contributed by atoms with Crippen LogP contribution >= 0.6 is 15.9 Å². The molecule has 0 aliphatic heterocycles. The van der Waals surface area contributed by atoms with Crippen LogP contribution < -0.4 is 5.32 Å². The molecule has 0 fully saturated rings. The third-order valence-electron chi connectivity index (χ3n) is 4.18. The van der Waals surface area contributed by atoms with Gasteiger partial charge in [0.15, 0.2) is 0 Å². The van der Waals surface area contributed by atoms with E-state index >= 15 is 0 Å². The summed E-state index contributed by atoms with van der Waals surface area (Å²) in [6.45, 7) is 0. The van der Waals surface area contributed by atoms with Crippen molar-refractivity contribution >= 4 is 38.6 Å². The second-order valence-corrected chi connectivity index (χ2v) is 6.53. The molecule has 4 rings (SSSR count). The number of hydrogen-bond acceptors (Lipinski definition) is 2. The van der Waals surface area contributed by atoms with E-state index in [0.29, 0.717) is 0 Å². The number of imidazole rings is 1. The van der Waals surface area contributed by atoms with E-state index in [1.54, 1.807) is 6.33 Å². The number of halogens is 1. The topological polar surface area (TPSA) is 57.8 Å². The first kappa shape index (κ1) is 13.5. The number of rotatable bonds is 2. The van der Waals surface area contributed by atoms with Gasteiger partial charge in [-0.2, -0.15) is 0 Å². The van der Waals surface area contributed by atoms with Crippen LogP contribution in [0.25, 0.3) is 11.0 Å². The molecule has 1 aromatic heterocycles. The van der Waals surface area contributed by atoms with Crippen molar-refractivity contribution < 1.29 is 4.79 Å². The van der Waals surface area contributed by atoms with Gasteiger partial charge in [-0.3, -0.25) is 4.79 Å². The Bertz CT molecular complexity index is 871. The lowest BCUT2D eigenvalue weighted by Crippen LogP contribution is -2.23. The summed E-state index contributed by atoms with van der Waals surface area (Å²) in [4.78, 5) is 19.9. The number of nitrogens with zero attached hydrogens (tertiary/aromatic N) is 1. The number of H-pyrrole nitrogens is 1. The molecular formula is C17H14BrN3O. The van der Waals surface area contributed by atoms with Gasteiger partial charge in [0.1, 0.15) is 5.52 Å². The summed E-state index contributed by atoms with van der Waals surface area (Å²) in [5, 5.41) is 3.03. The first-order chi connectivity index (χ1) is 10.7. The third kappa shape index (κ3) is 2.31. The maximum Gasteiger partial charge on any atom is 0.228 e. The molecule has 1 atom stereocenters. The summed E-state index contributed by atoms with van der Waals surface area (Å²) in [5.74, 6) is 0.0429. The fraction of sp³-hybridized carbons (Fsp3) is 0.176. The number of carbonyl (C=O) groups is 1. The fourth-order valence-corrected chi connectivity index (χ4v) is 3.48. The Hall–Kier alpha value is -2.14. The van der Waals surface area contributed by atoms with Gasteiger partial charge in [-0.25, -0.2) is 4.98 Å². The summed E-state index contributed by atoms with van der Waals surface area (Å²) in [5.41, 5.74) is 5.01. The molecule has 0 radical (unpaired) electrons. The van der Waals surface area contributed by atoms with Crippen LogP contribution in [0.2, 0.25) is 0 Å². The molecule has 3 aromatic rings. The van der Waals surface area contributed by atoms with E-state index in [2.05, 4.69) is 43.3 Å². The van der Waals surface area contributed by atoms with Crippen molar-refractivity contribution in [3.8, 4) is 0 Å². The summed E-state index contributed by atoms with van der Waals surface area (Å²) in [7, 11) is 0. The van der Waals surface area contributed by atoms with Gasteiger partial charge in [-0.05, 0) is 48.2 Å². The molecule has 2 aromatic carbocycles. The molecule has 1 amide bonds. The summed E-state index contributed by atoms with van der Waals surface area (Å²) in [6.07, 6.45) is 3.23. The van der Waals surface area contributed by atoms with Crippen molar-refractivity contribution in [2.75, 3.05) is 5.32 Å². The van der Waals surface area contributed by atoms with E-state index in [4.69, 9.17) is 0 Å². The minimum Gasteiger partial charge on any atom is -0.345 e. The predicted molar refractivity (Wildman–Crippen MR) is 89.8 cm³/mol. The van der Waals surface area contributed by atoms with Crippen LogP contribution in [0, 0.1) is 5.92 Å². The third-order valence-corrected chi connectivity index (χ3v) is 4.67. The zero-order chi connectivity index (χ0) is 15.1. The highest BCUT2D eigenvalue weighted by Crippen LogP contribution is 2.30. The largest absolute Gasteiger partial charge is 0.345 e. The Labute approximate surface area is 136 Å². The first-order valence-corrected chi connectivity index (χ1v) is 8.00. The number of hydrogen-bond donors (Lipinski definition) is 2. The van der Waals surface area contributed by atoms with Gasteiger partial charge in [-0.1, -0.05) is 28.1 Å². The zero-order valence-electron chi connectivity index (χ0n) is 11.8. The normalized spacial score (nSPS) is 16.7. The Kier molecular flexibility index (Phi) is 3.22. The number of benzene rings is 2. The minimum atomic E-state index is -0.0153. The molecule has 5 heteroatoms. The average Bonchev–Trinajstić information content (AvgIpc) is 3.13. The summed E-state index contributed by atoms with van der Waals surface area (Å²) >= 11 is 3.49. The lowest BCUT2D eigenvalue weighted by atomic mass is 10.1. The molecule has 0 saturated heterocycles. The van der Waals surface area contributed by atoms with Crippen molar-refractivity contribution in [2.24, 2.45) is 5.92 Å². The van der Waals surface area contributed by atoms with E-state index in [-0.39, 0.29) is 11.8 Å². The number of nitrogens with one attached hydrogen (secondary N) is 2. The molecule has 22 heavy (non-hydrogen) atoms. The molecule has 2 N–H and O–H groups in total. The Balaban J connectivity index is 1.55. The van der Waals surface area contributed by atoms with Crippen LogP contribution in [-0.4, -0.2) is 15.9 Å². The quantitative estimate of drug-likeness (QED) is 0.736. The molecule has 4 nitrogen and oxygen atoms in total. The molecule has 0 spiro atoms. The van der Waals surface area contributed by atoms with Crippen molar-refractivity contribution in [2.45, 2.75) is 12.8 Å². The lowest BCUT2D eigenvalue weighted by Gasteiger charge is -2.10. The van der Waals surface area contributed by atoms with E-state index in [1.165, 1.54) is 11.1 Å². The fourth-order valence-electron chi connectivity index (χ4n) is 3.07. The second kappa shape index (κ2) is 5.25. The Morgan fingerprint density at radius 1 is 1.23 bits per heavy atom. The highest BCUT2D eigenvalue weighted by atomic mass is 79.9. The van der Waals surface area contributed by atoms with Crippen LogP contribution in [0.3, 0.4) is 0 Å². The van der Waals surface area contributed by atoms with Gasteiger partial charge < -0.3 is 10.3 Å². The van der Waals surface area contributed by atoms with Crippen LogP contribution in [-0.2, 0) is 17.6 Å². The van der Waals surface area contributed by atoms with Crippen LogP contribution in [0.1, 0.15) is 11.1 Å². The van der Waals surface area contributed by atoms with Crippen LogP contribution in [0.5, 0.6) is 0 Å². The van der Waals surface area contributed by atoms with E-state index < -0.39 is 0 Å². The van der Waals surface area contributed by atoms with Gasteiger partial charge in [-0.15, -0.1) is 0 Å². The predicted octanol–water partition coefficient (Wildman–Crippen LogP) is 3.68. The van der Waals surface area contributed by atoms with Crippen LogP contribution in [0.4, 0.5) is 5.69 Å². The van der Waals surface area contributed by atoms with E-state index in [0.717, 1.165) is 34.0 Å². The molecule has 1 heterocycles. The highest BCUT2D eigenvalue weighted by Gasteiger charge is 2.27. The molecule has 1 aliphatic rings.